The molecule has 0 amide bonds. The van der Waals surface area contributed by atoms with Gasteiger partial charge in [0.05, 0.1) is 19.3 Å². The monoisotopic (exact) mass is 246 g/mol. The second kappa shape index (κ2) is 5.10. The van der Waals surface area contributed by atoms with Crippen molar-refractivity contribution in [1.82, 2.24) is 4.90 Å². The van der Waals surface area contributed by atoms with Crippen LogP contribution in [-0.4, -0.2) is 37.7 Å². The summed E-state index contributed by atoms with van der Waals surface area (Å²) < 4.78 is 11.3. The molecule has 2 aromatic rings. The van der Waals surface area contributed by atoms with E-state index in [1.165, 1.54) is 0 Å². The largest absolute Gasteiger partial charge is 0.459 e. The molecule has 1 aromatic heterocycles. The Kier molecular flexibility index (Phi) is 3.32. The zero-order valence-corrected chi connectivity index (χ0v) is 10.3. The molecule has 3 rings (SSSR count). The molecular formula is C14H18N2O2. The van der Waals surface area contributed by atoms with Crippen LogP contribution in [-0.2, 0) is 4.74 Å². The molecule has 1 aliphatic rings. The molecule has 1 aliphatic heterocycles. The first-order valence-electron chi connectivity index (χ1n) is 6.39. The van der Waals surface area contributed by atoms with E-state index in [0.717, 1.165) is 43.0 Å². The Bertz CT molecular complexity index is 484. The average Bonchev–Trinajstić information content (AvgIpc) is 2.84. The third-order valence-corrected chi connectivity index (χ3v) is 3.48. The van der Waals surface area contributed by atoms with E-state index in [1.807, 2.05) is 18.2 Å². The molecule has 96 valence electrons. The van der Waals surface area contributed by atoms with Gasteiger partial charge in [-0.2, -0.15) is 0 Å². The maximum absolute atomic E-state index is 5.91. The highest BCUT2D eigenvalue weighted by molar-refractivity contribution is 5.77. The van der Waals surface area contributed by atoms with Crippen LogP contribution < -0.4 is 5.73 Å². The fourth-order valence-electron chi connectivity index (χ4n) is 2.50. The Hall–Kier alpha value is -1.36. The van der Waals surface area contributed by atoms with Gasteiger partial charge in [0.15, 0.2) is 0 Å². The molecular weight excluding hydrogens is 228 g/mol. The van der Waals surface area contributed by atoms with E-state index >= 15 is 0 Å². The molecule has 4 nitrogen and oxygen atoms in total. The Labute approximate surface area is 106 Å². The maximum atomic E-state index is 5.91. The maximum Gasteiger partial charge on any atom is 0.134 e. The van der Waals surface area contributed by atoms with Crippen molar-refractivity contribution in [2.45, 2.75) is 6.04 Å². The van der Waals surface area contributed by atoms with E-state index in [4.69, 9.17) is 14.9 Å². The minimum atomic E-state index is 0.154. The number of rotatable bonds is 3. The zero-order chi connectivity index (χ0) is 12.4. The van der Waals surface area contributed by atoms with Crippen LogP contribution in [0.1, 0.15) is 11.8 Å². The van der Waals surface area contributed by atoms with Crippen LogP contribution in [0.25, 0.3) is 11.0 Å². The van der Waals surface area contributed by atoms with E-state index in [0.29, 0.717) is 6.54 Å². The van der Waals surface area contributed by atoms with Gasteiger partial charge in [-0.25, -0.2) is 0 Å². The highest BCUT2D eigenvalue weighted by Gasteiger charge is 2.24. The minimum absolute atomic E-state index is 0.154. The van der Waals surface area contributed by atoms with Gasteiger partial charge in [-0.15, -0.1) is 0 Å². The van der Waals surface area contributed by atoms with Crippen LogP contribution in [0, 0.1) is 0 Å². The highest BCUT2D eigenvalue weighted by Crippen LogP contribution is 2.27. The predicted molar refractivity (Wildman–Crippen MR) is 70.4 cm³/mol. The van der Waals surface area contributed by atoms with Crippen LogP contribution in [0.3, 0.4) is 0 Å². The van der Waals surface area contributed by atoms with Crippen molar-refractivity contribution in [1.29, 1.82) is 0 Å². The van der Waals surface area contributed by atoms with E-state index in [9.17, 15) is 0 Å². The van der Waals surface area contributed by atoms with Crippen molar-refractivity contribution in [2.24, 2.45) is 5.73 Å². The fourth-order valence-corrected chi connectivity index (χ4v) is 2.50. The topological polar surface area (TPSA) is 51.6 Å². The standard InChI is InChI=1S/C14H18N2O2/c15-10-12(16-5-7-17-8-6-16)14-9-11-3-1-2-4-13(11)18-14/h1-4,9,12H,5-8,10,15H2. The second-order valence-corrected chi connectivity index (χ2v) is 4.59. The first-order valence-corrected chi connectivity index (χ1v) is 6.39. The fraction of sp³-hybridized carbons (Fsp3) is 0.429. The number of ether oxygens (including phenoxy) is 1. The summed E-state index contributed by atoms with van der Waals surface area (Å²) in [6, 6.07) is 10.3. The van der Waals surface area contributed by atoms with Gasteiger partial charge >= 0.3 is 0 Å². The van der Waals surface area contributed by atoms with Crippen LogP contribution in [0.4, 0.5) is 0 Å². The molecule has 1 atom stereocenters. The summed E-state index contributed by atoms with van der Waals surface area (Å²) in [4.78, 5) is 2.33. The van der Waals surface area contributed by atoms with Crippen LogP contribution in [0.2, 0.25) is 0 Å². The molecule has 1 aromatic carbocycles. The lowest BCUT2D eigenvalue weighted by Crippen LogP contribution is -2.41. The third kappa shape index (κ3) is 2.14. The number of hydrogen-bond donors (Lipinski definition) is 1. The number of hydrogen-bond acceptors (Lipinski definition) is 4. The van der Waals surface area contributed by atoms with Gasteiger partial charge in [0, 0.05) is 25.0 Å². The molecule has 1 saturated heterocycles. The molecule has 1 unspecified atom stereocenters. The predicted octanol–water partition coefficient (Wildman–Crippen LogP) is 1.76. The summed E-state index contributed by atoms with van der Waals surface area (Å²) >= 11 is 0. The summed E-state index contributed by atoms with van der Waals surface area (Å²) in [6.07, 6.45) is 0. The number of nitrogens with two attached hydrogens (primary N) is 1. The summed E-state index contributed by atoms with van der Waals surface area (Å²) in [5.74, 6) is 0.959. The second-order valence-electron chi connectivity index (χ2n) is 4.59. The Morgan fingerprint density at radius 1 is 1.22 bits per heavy atom. The number of para-hydroxylation sites is 1. The van der Waals surface area contributed by atoms with E-state index in [-0.39, 0.29) is 6.04 Å². The molecule has 18 heavy (non-hydrogen) atoms. The van der Waals surface area contributed by atoms with Gasteiger partial charge in [-0.05, 0) is 12.1 Å². The smallest absolute Gasteiger partial charge is 0.134 e. The minimum Gasteiger partial charge on any atom is -0.459 e. The lowest BCUT2D eigenvalue weighted by atomic mass is 10.1. The Balaban J connectivity index is 1.90. The van der Waals surface area contributed by atoms with Crippen molar-refractivity contribution >= 4 is 11.0 Å². The zero-order valence-electron chi connectivity index (χ0n) is 10.3. The number of nitrogens with zero attached hydrogens (tertiary/aromatic N) is 1. The van der Waals surface area contributed by atoms with Gasteiger partial charge in [0.1, 0.15) is 11.3 Å². The number of furan rings is 1. The van der Waals surface area contributed by atoms with Crippen LogP contribution >= 0.6 is 0 Å². The van der Waals surface area contributed by atoms with Crippen molar-refractivity contribution < 1.29 is 9.15 Å². The Morgan fingerprint density at radius 3 is 2.72 bits per heavy atom. The molecule has 0 aliphatic carbocycles. The number of benzene rings is 1. The summed E-state index contributed by atoms with van der Waals surface area (Å²) in [6.45, 7) is 3.95. The van der Waals surface area contributed by atoms with Crippen molar-refractivity contribution in [2.75, 3.05) is 32.8 Å². The SMILES string of the molecule is NCC(c1cc2ccccc2o1)N1CCOCC1. The molecule has 0 radical (unpaired) electrons. The van der Waals surface area contributed by atoms with Crippen molar-refractivity contribution in [3.8, 4) is 0 Å². The molecule has 2 N–H and O–H groups in total. The third-order valence-electron chi connectivity index (χ3n) is 3.48. The lowest BCUT2D eigenvalue weighted by molar-refractivity contribution is 0.0139. The normalized spacial score (nSPS) is 19.2. The lowest BCUT2D eigenvalue weighted by Gasteiger charge is -2.32. The number of morpholine rings is 1. The quantitative estimate of drug-likeness (QED) is 0.896. The molecule has 0 saturated carbocycles. The highest BCUT2D eigenvalue weighted by atomic mass is 16.5. The molecule has 0 bridgehead atoms. The first kappa shape index (κ1) is 11.7. The van der Waals surface area contributed by atoms with Crippen LogP contribution in [0.5, 0.6) is 0 Å². The van der Waals surface area contributed by atoms with Crippen LogP contribution in [0.15, 0.2) is 34.7 Å². The van der Waals surface area contributed by atoms with Gasteiger partial charge in [-0.1, -0.05) is 18.2 Å². The van der Waals surface area contributed by atoms with E-state index < -0.39 is 0 Å². The summed E-state index contributed by atoms with van der Waals surface area (Å²) in [7, 11) is 0. The average molecular weight is 246 g/mol. The van der Waals surface area contributed by atoms with Gasteiger partial charge in [-0.3, -0.25) is 4.90 Å². The number of fused-ring (bicyclic) bond motifs is 1. The summed E-state index contributed by atoms with van der Waals surface area (Å²) in [5.41, 5.74) is 6.84. The van der Waals surface area contributed by atoms with Gasteiger partial charge in [0.25, 0.3) is 0 Å². The molecule has 2 heterocycles. The summed E-state index contributed by atoms with van der Waals surface area (Å²) in [5, 5.41) is 1.14. The van der Waals surface area contributed by atoms with Gasteiger partial charge in [0.2, 0.25) is 0 Å². The Morgan fingerprint density at radius 2 is 2.00 bits per heavy atom. The van der Waals surface area contributed by atoms with Crippen molar-refractivity contribution in [3.63, 3.8) is 0 Å². The van der Waals surface area contributed by atoms with E-state index in [2.05, 4.69) is 17.0 Å². The van der Waals surface area contributed by atoms with E-state index in [1.54, 1.807) is 0 Å². The molecule has 1 fully saturated rings. The molecule has 0 spiro atoms. The molecule has 4 heteroatoms. The van der Waals surface area contributed by atoms with Gasteiger partial charge < -0.3 is 14.9 Å². The van der Waals surface area contributed by atoms with Crippen molar-refractivity contribution in [3.05, 3.63) is 36.1 Å². The first-order chi connectivity index (χ1) is 8.88.